The summed E-state index contributed by atoms with van der Waals surface area (Å²) < 4.78 is 0. The van der Waals surface area contributed by atoms with Gasteiger partial charge in [0, 0.05) is 16.6 Å². The van der Waals surface area contributed by atoms with Gasteiger partial charge in [-0.2, -0.15) is 23.5 Å². The van der Waals surface area contributed by atoms with Crippen LogP contribution in [0, 0.1) is 0 Å². The van der Waals surface area contributed by atoms with Gasteiger partial charge in [-0.1, -0.05) is 0 Å². The Hall–Kier alpha value is 0.580. The van der Waals surface area contributed by atoms with E-state index in [0.29, 0.717) is 0 Å². The van der Waals surface area contributed by atoms with E-state index in [-0.39, 0.29) is 16.4 Å². The van der Waals surface area contributed by atoms with Crippen molar-refractivity contribution in [3.8, 4) is 0 Å². The third-order valence-electron chi connectivity index (χ3n) is 0.539. The maximum Gasteiger partial charge on any atom is 0.0392 e. The SMILES string of the molecule is C1CSCS1.O.O.O. The average Bonchev–Trinajstić information content (AvgIpc) is 1.76. The zero-order valence-electron chi connectivity index (χ0n) is 4.44. The van der Waals surface area contributed by atoms with Gasteiger partial charge in [0.2, 0.25) is 0 Å². The van der Waals surface area contributed by atoms with E-state index in [1.54, 1.807) is 0 Å². The minimum absolute atomic E-state index is 0. The molecule has 1 fully saturated rings. The van der Waals surface area contributed by atoms with E-state index in [1.165, 1.54) is 16.6 Å². The summed E-state index contributed by atoms with van der Waals surface area (Å²) in [6.07, 6.45) is 0. The number of thioether (sulfide) groups is 2. The highest BCUT2D eigenvalue weighted by atomic mass is 32.2. The Morgan fingerprint density at radius 3 is 1.25 bits per heavy atom. The monoisotopic (exact) mass is 160 g/mol. The summed E-state index contributed by atoms with van der Waals surface area (Å²) in [7, 11) is 0. The Bertz CT molecular complexity index is 24.1. The third kappa shape index (κ3) is 6.58. The van der Waals surface area contributed by atoms with Gasteiger partial charge in [0.25, 0.3) is 0 Å². The highest BCUT2D eigenvalue weighted by Crippen LogP contribution is 2.20. The van der Waals surface area contributed by atoms with Gasteiger partial charge < -0.3 is 16.4 Å². The molecule has 1 aliphatic rings. The van der Waals surface area contributed by atoms with Crippen molar-refractivity contribution < 1.29 is 16.4 Å². The molecule has 1 rings (SSSR count). The van der Waals surface area contributed by atoms with Crippen molar-refractivity contribution in [3.05, 3.63) is 0 Å². The van der Waals surface area contributed by atoms with Crippen molar-refractivity contribution in [3.63, 3.8) is 0 Å². The summed E-state index contributed by atoms with van der Waals surface area (Å²) in [5, 5.41) is 1.33. The lowest BCUT2D eigenvalue weighted by Gasteiger charge is -1.68. The molecule has 0 aliphatic carbocycles. The van der Waals surface area contributed by atoms with Crippen LogP contribution in [-0.2, 0) is 0 Å². The van der Waals surface area contributed by atoms with Crippen LogP contribution in [-0.4, -0.2) is 33.0 Å². The molecule has 0 aromatic heterocycles. The fraction of sp³-hybridized carbons (Fsp3) is 1.00. The molecule has 0 aromatic carbocycles. The first-order chi connectivity index (χ1) is 2.50. The van der Waals surface area contributed by atoms with Crippen LogP contribution in [0.3, 0.4) is 0 Å². The predicted octanol–water partition coefficient (Wildman–Crippen LogP) is -1.05. The van der Waals surface area contributed by atoms with Crippen molar-refractivity contribution in [1.82, 2.24) is 0 Å². The molecular weight excluding hydrogens is 148 g/mol. The summed E-state index contributed by atoms with van der Waals surface area (Å²) >= 11 is 4.07. The van der Waals surface area contributed by atoms with Gasteiger partial charge in [-0.3, -0.25) is 0 Å². The maximum absolute atomic E-state index is 2.04. The topological polar surface area (TPSA) is 94.5 Å². The summed E-state index contributed by atoms with van der Waals surface area (Å²) in [4.78, 5) is 0. The van der Waals surface area contributed by atoms with Crippen molar-refractivity contribution >= 4 is 23.5 Å². The number of hydrogen-bond acceptors (Lipinski definition) is 2. The van der Waals surface area contributed by atoms with E-state index >= 15 is 0 Å². The quantitative estimate of drug-likeness (QED) is 0.452. The molecular formula is C3H12O3S2. The molecule has 0 aromatic rings. The zero-order valence-corrected chi connectivity index (χ0v) is 6.07. The van der Waals surface area contributed by atoms with Crippen LogP contribution < -0.4 is 0 Å². The summed E-state index contributed by atoms with van der Waals surface area (Å²) in [5.74, 6) is 2.76. The summed E-state index contributed by atoms with van der Waals surface area (Å²) in [6, 6.07) is 0. The Morgan fingerprint density at radius 2 is 1.12 bits per heavy atom. The normalized spacial score (nSPS) is 15.0. The van der Waals surface area contributed by atoms with Crippen LogP contribution >= 0.6 is 23.5 Å². The number of hydrogen-bond donors (Lipinski definition) is 0. The van der Waals surface area contributed by atoms with E-state index in [1.807, 2.05) is 23.5 Å². The smallest absolute Gasteiger partial charge is 0.0392 e. The molecule has 6 N–H and O–H groups in total. The molecule has 8 heavy (non-hydrogen) atoms. The highest BCUT2D eigenvalue weighted by molar-refractivity contribution is 8.19. The molecule has 0 radical (unpaired) electrons. The van der Waals surface area contributed by atoms with Gasteiger partial charge >= 0.3 is 0 Å². The van der Waals surface area contributed by atoms with E-state index < -0.39 is 0 Å². The van der Waals surface area contributed by atoms with Crippen molar-refractivity contribution in [2.45, 2.75) is 0 Å². The Balaban J connectivity index is -0.0000000833. The van der Waals surface area contributed by atoms with Crippen molar-refractivity contribution in [2.24, 2.45) is 0 Å². The minimum atomic E-state index is 0. The standard InChI is InChI=1S/C3H6S2.3H2O/c1-2-5-3-4-1;;;/h1-3H2;3*1H2. The molecule has 0 spiro atoms. The van der Waals surface area contributed by atoms with Crippen LogP contribution in [0.15, 0.2) is 0 Å². The van der Waals surface area contributed by atoms with E-state index in [2.05, 4.69) is 0 Å². The largest absolute Gasteiger partial charge is 0.412 e. The highest BCUT2D eigenvalue weighted by Gasteiger charge is 1.95. The first kappa shape index (κ1) is 15.8. The molecule has 1 heterocycles. The van der Waals surface area contributed by atoms with Crippen LogP contribution in [0.4, 0.5) is 0 Å². The van der Waals surface area contributed by atoms with Gasteiger partial charge in [0.1, 0.15) is 0 Å². The zero-order chi connectivity index (χ0) is 3.54. The molecule has 0 unspecified atom stereocenters. The second kappa shape index (κ2) is 10.5. The van der Waals surface area contributed by atoms with Gasteiger partial charge in [-0.25, -0.2) is 0 Å². The molecule has 54 valence electrons. The molecule has 3 nitrogen and oxygen atoms in total. The maximum atomic E-state index is 2.04. The van der Waals surface area contributed by atoms with Crippen molar-refractivity contribution in [2.75, 3.05) is 16.6 Å². The summed E-state index contributed by atoms with van der Waals surface area (Å²) in [5.41, 5.74) is 0. The van der Waals surface area contributed by atoms with E-state index in [0.717, 1.165) is 0 Å². The first-order valence-electron chi connectivity index (χ1n) is 1.65. The fourth-order valence-electron chi connectivity index (χ4n) is 0.295. The van der Waals surface area contributed by atoms with Crippen LogP contribution in [0.5, 0.6) is 0 Å². The Kier molecular flexibility index (Phi) is 20.9. The molecule has 0 atom stereocenters. The van der Waals surface area contributed by atoms with Crippen LogP contribution in [0.2, 0.25) is 0 Å². The van der Waals surface area contributed by atoms with Gasteiger partial charge in [0.15, 0.2) is 0 Å². The summed E-state index contributed by atoms with van der Waals surface area (Å²) in [6.45, 7) is 0. The number of rotatable bonds is 0. The predicted molar refractivity (Wildman–Crippen MR) is 40.6 cm³/mol. The average molecular weight is 160 g/mol. The van der Waals surface area contributed by atoms with Gasteiger partial charge in [0.05, 0.1) is 0 Å². The molecule has 0 saturated carbocycles. The van der Waals surface area contributed by atoms with E-state index in [4.69, 9.17) is 0 Å². The van der Waals surface area contributed by atoms with Gasteiger partial charge in [-0.15, -0.1) is 0 Å². The minimum Gasteiger partial charge on any atom is -0.412 e. The van der Waals surface area contributed by atoms with E-state index in [9.17, 15) is 0 Å². The van der Waals surface area contributed by atoms with Crippen LogP contribution in [0.25, 0.3) is 0 Å². The third-order valence-corrected chi connectivity index (χ3v) is 3.12. The molecule has 0 bridgehead atoms. The molecule has 1 aliphatic heterocycles. The van der Waals surface area contributed by atoms with Crippen LogP contribution in [0.1, 0.15) is 0 Å². The first-order valence-corrected chi connectivity index (χ1v) is 3.96. The molecule has 0 amide bonds. The lowest BCUT2D eigenvalue weighted by Crippen LogP contribution is -1.64. The molecule has 1 saturated heterocycles. The lowest BCUT2D eigenvalue weighted by molar-refractivity contribution is 0.823. The van der Waals surface area contributed by atoms with Crippen molar-refractivity contribution in [1.29, 1.82) is 0 Å². The Morgan fingerprint density at radius 1 is 0.750 bits per heavy atom. The lowest BCUT2D eigenvalue weighted by atomic mass is 11.0. The fourth-order valence-corrected chi connectivity index (χ4v) is 2.65. The molecule has 5 heteroatoms. The second-order valence-corrected chi connectivity index (χ2v) is 3.51. The second-order valence-electron chi connectivity index (χ2n) is 0.934. The van der Waals surface area contributed by atoms with Gasteiger partial charge in [-0.05, 0) is 0 Å². The Labute approximate surface area is 57.2 Å².